The molecule has 0 saturated heterocycles. The molecule has 0 spiro atoms. The lowest BCUT2D eigenvalue weighted by Crippen LogP contribution is -2.18. The van der Waals surface area contributed by atoms with E-state index in [0.29, 0.717) is 0 Å². The predicted molar refractivity (Wildman–Crippen MR) is 276 cm³/mol. The highest BCUT2D eigenvalue weighted by Crippen LogP contribution is 2.54. The summed E-state index contributed by atoms with van der Waals surface area (Å²) >= 11 is 0. The second-order valence-electron chi connectivity index (χ2n) is 18.1. The summed E-state index contributed by atoms with van der Waals surface area (Å²) in [6.45, 7) is 4.77. The van der Waals surface area contributed by atoms with Crippen LogP contribution in [0.1, 0.15) is 25.0 Å². The lowest BCUT2D eigenvalue weighted by atomic mass is 9.82. The quantitative estimate of drug-likeness (QED) is 0.152. The molecule has 12 aromatic rings. The zero-order valence-electron chi connectivity index (χ0n) is 36.3. The molecule has 0 amide bonds. The summed E-state index contributed by atoms with van der Waals surface area (Å²) in [6, 6.07) is 85.6. The molecular weight excluding hydrogens is 785 g/mol. The van der Waals surface area contributed by atoms with Crippen LogP contribution in [0.4, 0.5) is 17.1 Å². The smallest absolute Gasteiger partial charge is 0.0787 e. The first-order valence-electron chi connectivity index (χ1n) is 22.7. The first-order chi connectivity index (χ1) is 32.0. The Balaban J connectivity index is 1.24. The van der Waals surface area contributed by atoms with Crippen molar-refractivity contribution in [1.29, 1.82) is 0 Å². The summed E-state index contributed by atoms with van der Waals surface area (Å²) in [5.41, 5.74) is 16.6. The average Bonchev–Trinajstić information content (AvgIpc) is 3.82. The summed E-state index contributed by atoms with van der Waals surface area (Å²) in [4.78, 5) is 2.60. The molecule has 0 aliphatic heterocycles. The Morgan fingerprint density at radius 2 is 0.815 bits per heavy atom. The maximum Gasteiger partial charge on any atom is 0.0787 e. The van der Waals surface area contributed by atoms with Gasteiger partial charge in [0.15, 0.2) is 0 Å². The standard InChI is InChI=1S/C63H44N2/c1-63(2)56-30-16-13-26-50(56)51-34-33-45(40-57(51)63)64(46-38-43(41-19-5-3-6-20-41)37-44(39-46)42-21-7-4-8-22-42)62-60(65-58-31-17-14-27-52(58)53-28-15-18-32-59(53)65)36-35-55-49-25-10-9-23-47(49)48-24-11-12-29-54(48)61(55)62/h3-40H,1-2H3. The second-order valence-corrected chi connectivity index (χ2v) is 18.1. The number of benzene rings is 11. The van der Waals surface area contributed by atoms with Crippen molar-refractivity contribution in [1.82, 2.24) is 4.57 Å². The van der Waals surface area contributed by atoms with Crippen molar-refractivity contribution in [2.45, 2.75) is 19.3 Å². The van der Waals surface area contributed by atoms with Crippen LogP contribution < -0.4 is 4.90 Å². The van der Waals surface area contributed by atoms with Gasteiger partial charge < -0.3 is 9.47 Å². The molecule has 1 aliphatic carbocycles. The van der Waals surface area contributed by atoms with E-state index >= 15 is 0 Å². The zero-order chi connectivity index (χ0) is 43.2. The largest absolute Gasteiger partial charge is 0.308 e. The first-order valence-corrected chi connectivity index (χ1v) is 22.7. The van der Waals surface area contributed by atoms with Crippen molar-refractivity contribution in [2.75, 3.05) is 4.90 Å². The molecule has 1 heterocycles. The van der Waals surface area contributed by atoms with Gasteiger partial charge in [-0.1, -0.05) is 196 Å². The molecule has 2 nitrogen and oxygen atoms in total. The molecular formula is C63H44N2. The highest BCUT2D eigenvalue weighted by atomic mass is 15.2. The lowest BCUT2D eigenvalue weighted by molar-refractivity contribution is 0.660. The highest BCUT2D eigenvalue weighted by Gasteiger charge is 2.36. The second kappa shape index (κ2) is 14.4. The maximum absolute atomic E-state index is 2.60. The van der Waals surface area contributed by atoms with E-state index in [4.69, 9.17) is 0 Å². The molecule has 306 valence electrons. The molecule has 11 aromatic carbocycles. The SMILES string of the molecule is CC1(C)c2ccccc2-c2ccc(N(c3cc(-c4ccccc4)cc(-c4ccccc4)c3)c3c(-n4c5ccccc5c5ccccc54)ccc4c5ccccc5c5ccccc5c34)cc21. The molecule has 0 saturated carbocycles. The fourth-order valence-corrected chi connectivity index (χ4v) is 11.1. The van der Waals surface area contributed by atoms with Crippen LogP contribution in [0.5, 0.6) is 0 Å². The normalized spacial score (nSPS) is 12.9. The van der Waals surface area contributed by atoms with Crippen molar-refractivity contribution < 1.29 is 0 Å². The van der Waals surface area contributed by atoms with Crippen molar-refractivity contribution >= 4 is 71.2 Å². The van der Waals surface area contributed by atoms with Crippen LogP contribution in [-0.2, 0) is 5.41 Å². The Hall–Kier alpha value is -8.20. The Morgan fingerprint density at radius 1 is 0.338 bits per heavy atom. The third-order valence-electron chi connectivity index (χ3n) is 14.1. The number of nitrogens with zero attached hydrogens (tertiary/aromatic N) is 2. The fourth-order valence-electron chi connectivity index (χ4n) is 11.1. The van der Waals surface area contributed by atoms with Gasteiger partial charge in [0.1, 0.15) is 0 Å². The molecule has 0 atom stereocenters. The van der Waals surface area contributed by atoms with E-state index in [1.807, 2.05) is 0 Å². The number of aromatic nitrogens is 1. The Bertz CT molecular complexity index is 3710. The molecule has 0 N–H and O–H groups in total. The number of hydrogen-bond donors (Lipinski definition) is 0. The van der Waals surface area contributed by atoms with Crippen molar-refractivity contribution in [2.24, 2.45) is 0 Å². The number of para-hydroxylation sites is 2. The third-order valence-corrected chi connectivity index (χ3v) is 14.1. The third kappa shape index (κ3) is 5.67. The van der Waals surface area contributed by atoms with Gasteiger partial charge in [-0.3, -0.25) is 0 Å². The van der Waals surface area contributed by atoms with Gasteiger partial charge in [-0.15, -0.1) is 0 Å². The van der Waals surface area contributed by atoms with Crippen molar-refractivity contribution in [3.05, 3.63) is 242 Å². The predicted octanol–water partition coefficient (Wildman–Crippen LogP) is 17.4. The number of anilines is 3. The molecule has 65 heavy (non-hydrogen) atoms. The summed E-state index contributed by atoms with van der Waals surface area (Å²) in [6.07, 6.45) is 0. The monoisotopic (exact) mass is 828 g/mol. The lowest BCUT2D eigenvalue weighted by Gasteiger charge is -2.32. The average molecular weight is 829 g/mol. The summed E-state index contributed by atoms with van der Waals surface area (Å²) in [7, 11) is 0. The molecule has 1 aromatic heterocycles. The minimum Gasteiger partial charge on any atom is -0.308 e. The van der Waals surface area contributed by atoms with Gasteiger partial charge in [0.25, 0.3) is 0 Å². The fraction of sp³-hybridized carbons (Fsp3) is 0.0476. The van der Waals surface area contributed by atoms with Gasteiger partial charge in [0.05, 0.1) is 22.4 Å². The number of fused-ring (bicyclic) bond motifs is 12. The minimum absolute atomic E-state index is 0.202. The van der Waals surface area contributed by atoms with Crippen LogP contribution >= 0.6 is 0 Å². The minimum atomic E-state index is -0.202. The van der Waals surface area contributed by atoms with Crippen LogP contribution in [0.2, 0.25) is 0 Å². The molecule has 0 fully saturated rings. The summed E-state index contributed by atoms with van der Waals surface area (Å²) in [5.74, 6) is 0. The van der Waals surface area contributed by atoms with Gasteiger partial charge in [-0.25, -0.2) is 0 Å². The van der Waals surface area contributed by atoms with Gasteiger partial charge in [0, 0.05) is 32.9 Å². The Labute approximate surface area is 378 Å². The van der Waals surface area contributed by atoms with Crippen molar-refractivity contribution in [3.63, 3.8) is 0 Å². The van der Waals surface area contributed by atoms with E-state index in [9.17, 15) is 0 Å². The van der Waals surface area contributed by atoms with Gasteiger partial charge >= 0.3 is 0 Å². The van der Waals surface area contributed by atoms with E-state index in [1.54, 1.807) is 0 Å². The van der Waals surface area contributed by atoms with E-state index in [1.165, 1.54) is 87.5 Å². The Kier molecular flexibility index (Phi) is 8.29. The van der Waals surface area contributed by atoms with Gasteiger partial charge in [-0.2, -0.15) is 0 Å². The zero-order valence-corrected chi connectivity index (χ0v) is 36.3. The first kappa shape index (κ1) is 37.4. The number of hydrogen-bond acceptors (Lipinski definition) is 1. The van der Waals surface area contributed by atoms with Crippen LogP contribution in [-0.4, -0.2) is 4.57 Å². The topological polar surface area (TPSA) is 8.17 Å². The summed E-state index contributed by atoms with van der Waals surface area (Å²) < 4.78 is 2.52. The van der Waals surface area contributed by atoms with Crippen LogP contribution in [0.25, 0.3) is 93.2 Å². The number of rotatable bonds is 6. The van der Waals surface area contributed by atoms with E-state index in [-0.39, 0.29) is 5.41 Å². The maximum atomic E-state index is 2.60. The van der Waals surface area contributed by atoms with Crippen LogP contribution in [0.3, 0.4) is 0 Å². The van der Waals surface area contributed by atoms with Crippen molar-refractivity contribution in [3.8, 4) is 39.1 Å². The molecule has 13 rings (SSSR count). The van der Waals surface area contributed by atoms with Gasteiger partial charge in [0.2, 0.25) is 0 Å². The summed E-state index contributed by atoms with van der Waals surface area (Å²) in [5, 5.41) is 9.87. The van der Waals surface area contributed by atoms with Crippen LogP contribution in [0.15, 0.2) is 231 Å². The van der Waals surface area contributed by atoms with E-state index in [2.05, 4.69) is 254 Å². The van der Waals surface area contributed by atoms with Gasteiger partial charge in [-0.05, 0) is 120 Å². The van der Waals surface area contributed by atoms with E-state index < -0.39 is 0 Å². The molecule has 1 aliphatic rings. The molecule has 0 bridgehead atoms. The molecule has 2 heteroatoms. The Morgan fingerprint density at radius 3 is 1.43 bits per heavy atom. The van der Waals surface area contributed by atoms with E-state index in [0.717, 1.165) is 33.9 Å². The van der Waals surface area contributed by atoms with Crippen LogP contribution in [0, 0.1) is 0 Å². The highest BCUT2D eigenvalue weighted by molar-refractivity contribution is 6.30. The molecule has 0 unspecified atom stereocenters. The molecule has 0 radical (unpaired) electrons.